The Labute approximate surface area is 210 Å². The first kappa shape index (κ1) is 25.5. The predicted molar refractivity (Wildman–Crippen MR) is 123 cm³/mol. The molecule has 12 nitrogen and oxygen atoms in total. The summed E-state index contributed by atoms with van der Waals surface area (Å²) in [7, 11) is 1.33. The summed E-state index contributed by atoms with van der Waals surface area (Å²) in [5.41, 5.74) is 4.78. The molecule has 7 N–H and O–H groups in total. The van der Waals surface area contributed by atoms with E-state index in [0.717, 1.165) is 0 Å². The second kappa shape index (κ2) is 9.03. The summed E-state index contributed by atoms with van der Waals surface area (Å²) in [5, 5.41) is 52.9. The highest BCUT2D eigenvalue weighted by atomic mass is 17.1. The maximum Gasteiger partial charge on any atom is 0.205 e. The monoisotopic (exact) mass is 517 g/mol. The number of hydrogen-bond donors (Lipinski definition) is 6. The summed E-state index contributed by atoms with van der Waals surface area (Å²) in [6.45, 7) is 1.59. The van der Waals surface area contributed by atoms with Gasteiger partial charge in [0.1, 0.15) is 17.2 Å². The number of ether oxygens (including phenoxy) is 3. The standard InChI is InChI=1S/C25H27NO11/c1-9-20(27)12(26)6-15(35-9)36-14-8-25(32,37-33)7-11-17(14)24(31)19-18(22(11)29)21(28)10-4-3-5-13(34-2)16(10)23(19)30/h3-5,9,12,14-15,20,27,29,31-33H,6-8,26H2,1-2H3/t9-,12-,14+,15-,20+,25?/m0/s1. The second-order valence-corrected chi connectivity index (χ2v) is 9.58. The first-order valence-electron chi connectivity index (χ1n) is 11.7. The van der Waals surface area contributed by atoms with Crippen LogP contribution in [-0.4, -0.2) is 74.7 Å². The molecule has 2 aromatic carbocycles. The summed E-state index contributed by atoms with van der Waals surface area (Å²) in [5.74, 6) is -4.92. The molecular weight excluding hydrogens is 490 g/mol. The van der Waals surface area contributed by atoms with Crippen molar-refractivity contribution < 1.29 is 54.4 Å². The molecule has 37 heavy (non-hydrogen) atoms. The largest absolute Gasteiger partial charge is 0.507 e. The van der Waals surface area contributed by atoms with Crippen molar-refractivity contribution in [3.05, 3.63) is 51.6 Å². The number of hydrogen-bond acceptors (Lipinski definition) is 12. The number of carbonyl (C=O) groups is 2. The van der Waals surface area contributed by atoms with Gasteiger partial charge in [-0.2, -0.15) is 0 Å². The number of nitrogens with two attached hydrogens (primary N) is 1. The van der Waals surface area contributed by atoms with Crippen LogP contribution in [0.3, 0.4) is 0 Å². The molecule has 3 aliphatic rings. The van der Waals surface area contributed by atoms with E-state index in [2.05, 4.69) is 4.89 Å². The Kier molecular flexibility index (Phi) is 6.23. The van der Waals surface area contributed by atoms with E-state index in [-0.39, 0.29) is 34.4 Å². The number of methoxy groups -OCH3 is 1. The summed E-state index contributed by atoms with van der Waals surface area (Å²) in [4.78, 5) is 31.3. The Hall–Kier alpha value is -3.10. The fourth-order valence-electron chi connectivity index (χ4n) is 5.43. The average molecular weight is 517 g/mol. The van der Waals surface area contributed by atoms with Crippen molar-refractivity contribution >= 4 is 11.6 Å². The number of ketones is 2. The lowest BCUT2D eigenvalue weighted by atomic mass is 9.75. The van der Waals surface area contributed by atoms with E-state index in [1.165, 1.54) is 25.3 Å². The number of carbonyl (C=O) groups excluding carboxylic acids is 2. The zero-order chi connectivity index (χ0) is 26.8. The number of benzene rings is 2. The van der Waals surface area contributed by atoms with Crippen molar-refractivity contribution in [2.45, 2.75) is 62.6 Å². The highest BCUT2D eigenvalue weighted by Crippen LogP contribution is 2.52. The van der Waals surface area contributed by atoms with Gasteiger partial charge in [-0.15, -0.1) is 0 Å². The molecule has 0 aromatic heterocycles. The van der Waals surface area contributed by atoms with Gasteiger partial charge in [0.2, 0.25) is 11.6 Å². The minimum Gasteiger partial charge on any atom is -0.507 e. The van der Waals surface area contributed by atoms with E-state index in [1.54, 1.807) is 6.92 Å². The molecule has 0 saturated carbocycles. The molecule has 5 rings (SSSR count). The number of aliphatic hydroxyl groups excluding tert-OH is 1. The fourth-order valence-corrected chi connectivity index (χ4v) is 5.43. The van der Waals surface area contributed by atoms with Crippen molar-refractivity contribution in [1.29, 1.82) is 0 Å². The topological polar surface area (TPSA) is 198 Å². The molecule has 0 spiro atoms. The third kappa shape index (κ3) is 3.89. The summed E-state index contributed by atoms with van der Waals surface area (Å²) >= 11 is 0. The quantitative estimate of drug-likeness (QED) is 0.124. The molecule has 1 aliphatic heterocycles. The van der Waals surface area contributed by atoms with Gasteiger partial charge in [0.25, 0.3) is 0 Å². The van der Waals surface area contributed by atoms with Gasteiger partial charge in [0.15, 0.2) is 12.1 Å². The van der Waals surface area contributed by atoms with Crippen molar-refractivity contribution in [3.63, 3.8) is 0 Å². The van der Waals surface area contributed by atoms with Crippen molar-refractivity contribution in [3.8, 4) is 17.2 Å². The summed E-state index contributed by atoms with van der Waals surface area (Å²) in [6.07, 6.45) is -4.84. The SMILES string of the molecule is COc1cccc2c1C(=O)c1c(O)c3c(c(O)c1C2=O)CC(O)(OO)C[C@H]3O[C@H]1C[C@H](N)[C@H](O)[C@H](C)O1. The molecule has 1 fully saturated rings. The zero-order valence-electron chi connectivity index (χ0n) is 20.0. The third-order valence-corrected chi connectivity index (χ3v) is 7.28. The van der Waals surface area contributed by atoms with Crippen LogP contribution in [0, 0.1) is 0 Å². The molecular formula is C25H27NO11. The highest BCUT2D eigenvalue weighted by Gasteiger charge is 2.48. The second-order valence-electron chi connectivity index (χ2n) is 9.58. The van der Waals surface area contributed by atoms with Gasteiger partial charge >= 0.3 is 0 Å². The van der Waals surface area contributed by atoms with Gasteiger partial charge in [0, 0.05) is 42.0 Å². The Morgan fingerprint density at radius 1 is 1.11 bits per heavy atom. The number of aromatic hydroxyl groups is 2. The Morgan fingerprint density at radius 3 is 2.46 bits per heavy atom. The first-order chi connectivity index (χ1) is 17.5. The summed E-state index contributed by atoms with van der Waals surface area (Å²) in [6, 6.07) is 3.71. The van der Waals surface area contributed by atoms with Gasteiger partial charge in [-0.3, -0.25) is 9.59 Å². The molecule has 12 heteroatoms. The van der Waals surface area contributed by atoms with Crippen LogP contribution in [0.25, 0.3) is 0 Å². The number of phenols is 2. The molecule has 1 saturated heterocycles. The smallest absolute Gasteiger partial charge is 0.205 e. The normalized spacial score (nSPS) is 30.9. The van der Waals surface area contributed by atoms with E-state index < -0.39 is 83.5 Å². The van der Waals surface area contributed by atoms with Gasteiger partial charge in [0.05, 0.1) is 42.1 Å². The molecule has 1 unspecified atom stereocenters. The number of rotatable bonds is 4. The van der Waals surface area contributed by atoms with E-state index >= 15 is 0 Å². The summed E-state index contributed by atoms with van der Waals surface area (Å²) < 4.78 is 16.9. The lowest BCUT2D eigenvalue weighted by Gasteiger charge is -2.41. The Balaban J connectivity index is 1.66. The lowest BCUT2D eigenvalue weighted by molar-refractivity contribution is -0.403. The molecule has 2 aliphatic carbocycles. The molecule has 0 radical (unpaired) electrons. The lowest BCUT2D eigenvalue weighted by Crippen LogP contribution is -2.52. The fraction of sp³-hybridized carbons (Fsp3) is 0.440. The van der Waals surface area contributed by atoms with Gasteiger partial charge in [-0.1, -0.05) is 12.1 Å². The maximum atomic E-state index is 13.6. The maximum absolute atomic E-state index is 13.6. The van der Waals surface area contributed by atoms with Crippen LogP contribution < -0.4 is 10.5 Å². The third-order valence-electron chi connectivity index (χ3n) is 7.28. The van der Waals surface area contributed by atoms with E-state index in [1.807, 2.05) is 0 Å². The van der Waals surface area contributed by atoms with Crippen LogP contribution in [0.1, 0.15) is 68.8 Å². The first-order valence-corrected chi connectivity index (χ1v) is 11.7. The Morgan fingerprint density at radius 2 is 1.81 bits per heavy atom. The van der Waals surface area contributed by atoms with Crippen molar-refractivity contribution in [2.24, 2.45) is 5.73 Å². The molecule has 198 valence electrons. The molecule has 1 heterocycles. The highest BCUT2D eigenvalue weighted by molar-refractivity contribution is 6.31. The van der Waals surface area contributed by atoms with Crippen molar-refractivity contribution in [2.75, 3.05) is 7.11 Å². The van der Waals surface area contributed by atoms with Crippen LogP contribution in [0.5, 0.6) is 17.2 Å². The van der Waals surface area contributed by atoms with Crippen LogP contribution in [-0.2, 0) is 20.8 Å². The number of aliphatic hydroxyl groups is 2. The van der Waals surface area contributed by atoms with Gasteiger partial charge < -0.3 is 40.4 Å². The van der Waals surface area contributed by atoms with Crippen molar-refractivity contribution in [1.82, 2.24) is 0 Å². The minimum absolute atomic E-state index is 0.0269. The van der Waals surface area contributed by atoms with E-state index in [9.17, 15) is 35.3 Å². The zero-order valence-corrected chi connectivity index (χ0v) is 20.0. The molecule has 6 atom stereocenters. The van der Waals surface area contributed by atoms with Crippen LogP contribution in [0.2, 0.25) is 0 Å². The van der Waals surface area contributed by atoms with Crippen LogP contribution >= 0.6 is 0 Å². The van der Waals surface area contributed by atoms with Gasteiger partial charge in [-0.25, -0.2) is 10.1 Å². The number of phenolic OH excluding ortho intramolecular Hbond substituents is 2. The predicted octanol–water partition coefficient (Wildman–Crippen LogP) is 0.887. The molecule has 0 amide bonds. The Bertz CT molecular complexity index is 1280. The van der Waals surface area contributed by atoms with E-state index in [0.29, 0.717) is 0 Å². The minimum atomic E-state index is -2.26. The average Bonchev–Trinajstić information content (AvgIpc) is 2.87. The number of fused-ring (bicyclic) bond motifs is 3. The molecule has 0 bridgehead atoms. The van der Waals surface area contributed by atoms with Crippen LogP contribution in [0.15, 0.2) is 18.2 Å². The van der Waals surface area contributed by atoms with Gasteiger partial charge in [-0.05, 0) is 13.0 Å². The van der Waals surface area contributed by atoms with Crippen LogP contribution in [0.4, 0.5) is 0 Å². The molecule has 2 aromatic rings. The van der Waals surface area contributed by atoms with E-state index in [4.69, 9.17) is 19.9 Å².